The van der Waals surface area contributed by atoms with Gasteiger partial charge in [-0.15, -0.1) is 0 Å². The highest BCUT2D eigenvalue weighted by Gasteiger charge is 2.38. The minimum absolute atomic E-state index is 0.0815. The molecule has 1 fully saturated rings. The first-order chi connectivity index (χ1) is 17.4. The Hall–Kier alpha value is -3.62. The molecule has 0 spiro atoms. The van der Waals surface area contributed by atoms with E-state index < -0.39 is 0 Å². The van der Waals surface area contributed by atoms with E-state index in [-0.39, 0.29) is 29.7 Å². The van der Waals surface area contributed by atoms with Gasteiger partial charge in [0.25, 0.3) is 0 Å². The molecule has 1 aliphatic carbocycles. The molecule has 0 radical (unpaired) electrons. The Balaban J connectivity index is 1.38. The Kier molecular flexibility index (Phi) is 5.58. The number of nitrogens with two attached hydrogens (primary N) is 1. The third-order valence-electron chi connectivity index (χ3n) is 7.51. The lowest BCUT2D eigenvalue weighted by Gasteiger charge is -2.21. The van der Waals surface area contributed by atoms with Gasteiger partial charge in [0.15, 0.2) is 5.58 Å². The highest BCUT2D eigenvalue weighted by Crippen LogP contribution is 2.42. The van der Waals surface area contributed by atoms with Crippen LogP contribution in [0.2, 0.25) is 5.15 Å². The van der Waals surface area contributed by atoms with Crippen LogP contribution in [0.4, 0.5) is 11.8 Å². The predicted octanol–water partition coefficient (Wildman–Crippen LogP) is 6.00. The fourth-order valence-corrected chi connectivity index (χ4v) is 5.49. The van der Waals surface area contributed by atoms with Gasteiger partial charge < -0.3 is 25.0 Å². The molecule has 36 heavy (non-hydrogen) atoms. The Bertz CT molecular complexity index is 1550. The van der Waals surface area contributed by atoms with Crippen LogP contribution in [0, 0.1) is 17.8 Å². The summed E-state index contributed by atoms with van der Waals surface area (Å²) in [5.41, 5.74) is 9.58. The van der Waals surface area contributed by atoms with E-state index in [0.29, 0.717) is 40.5 Å². The molecule has 5 aromatic rings. The average molecular weight is 504 g/mol. The highest BCUT2D eigenvalue weighted by atomic mass is 35.5. The summed E-state index contributed by atoms with van der Waals surface area (Å²) in [6.45, 7) is 4.51. The second-order valence-electron chi connectivity index (χ2n) is 9.59. The molecule has 0 unspecified atom stereocenters. The fraction of sp³-hybridized carbons (Fsp3) is 0.296. The molecule has 0 saturated heterocycles. The number of para-hydroxylation sites is 2. The number of nitrogens with zero attached hydrogens (tertiary/aromatic N) is 3. The molecule has 3 heterocycles. The number of hydrogen-bond acceptors (Lipinski definition) is 8. The number of nitrogen functional groups attached to an aromatic ring is 1. The Morgan fingerprint density at radius 2 is 1.86 bits per heavy atom. The number of rotatable bonds is 5. The van der Waals surface area contributed by atoms with Crippen molar-refractivity contribution in [2.45, 2.75) is 26.3 Å². The van der Waals surface area contributed by atoms with Crippen LogP contribution in [-0.4, -0.2) is 32.7 Å². The molecule has 0 amide bonds. The summed E-state index contributed by atoms with van der Waals surface area (Å²) in [5.74, 6) is 2.62. The third kappa shape index (κ3) is 3.86. The number of aliphatic hydroxyl groups is 1. The van der Waals surface area contributed by atoms with Crippen LogP contribution >= 0.6 is 11.6 Å². The molecule has 4 atom stereocenters. The molecule has 1 aliphatic rings. The lowest BCUT2D eigenvalue weighted by molar-refractivity contribution is 0.191. The summed E-state index contributed by atoms with van der Waals surface area (Å²) in [4.78, 5) is 13.2. The normalized spacial score (nSPS) is 22.0. The third-order valence-corrected chi connectivity index (χ3v) is 7.78. The molecule has 8 nitrogen and oxygen atoms in total. The van der Waals surface area contributed by atoms with Crippen molar-refractivity contribution in [1.29, 1.82) is 0 Å². The lowest BCUT2D eigenvalue weighted by atomic mass is 9.92. The van der Waals surface area contributed by atoms with Crippen LogP contribution in [-0.2, 0) is 0 Å². The van der Waals surface area contributed by atoms with Crippen molar-refractivity contribution >= 4 is 45.4 Å². The van der Waals surface area contributed by atoms with Crippen molar-refractivity contribution in [2.75, 3.05) is 17.7 Å². The van der Waals surface area contributed by atoms with Crippen LogP contribution in [0.15, 0.2) is 57.4 Å². The van der Waals surface area contributed by atoms with E-state index in [1.807, 2.05) is 48.5 Å². The molecular formula is C27H26ClN5O3. The topological polar surface area (TPSA) is 123 Å². The van der Waals surface area contributed by atoms with E-state index in [0.717, 1.165) is 28.5 Å². The van der Waals surface area contributed by atoms with Gasteiger partial charge in [0, 0.05) is 23.6 Å². The quantitative estimate of drug-likeness (QED) is 0.249. The van der Waals surface area contributed by atoms with Gasteiger partial charge in [-0.25, -0.2) is 9.97 Å². The molecule has 3 aromatic heterocycles. The van der Waals surface area contributed by atoms with Crippen molar-refractivity contribution in [3.8, 4) is 22.8 Å². The summed E-state index contributed by atoms with van der Waals surface area (Å²) in [6.07, 6.45) is 0.827. The van der Waals surface area contributed by atoms with E-state index in [9.17, 15) is 5.11 Å². The van der Waals surface area contributed by atoms with E-state index in [4.69, 9.17) is 26.2 Å². The van der Waals surface area contributed by atoms with Crippen LogP contribution < -0.4 is 11.1 Å². The van der Waals surface area contributed by atoms with E-state index >= 15 is 0 Å². The summed E-state index contributed by atoms with van der Waals surface area (Å²) < 4.78 is 12.1. The number of anilines is 2. The number of aliphatic hydroxyl groups excluding tert-OH is 1. The van der Waals surface area contributed by atoms with Crippen molar-refractivity contribution < 1.29 is 13.9 Å². The first-order valence-electron chi connectivity index (χ1n) is 12.0. The number of furan rings is 1. The molecule has 0 aliphatic heterocycles. The van der Waals surface area contributed by atoms with Crippen molar-refractivity contribution in [1.82, 2.24) is 15.0 Å². The number of fused-ring (bicyclic) bond motifs is 2. The number of hydrogen-bond donors (Lipinski definition) is 3. The first kappa shape index (κ1) is 22.8. The Morgan fingerprint density at radius 3 is 2.64 bits per heavy atom. The van der Waals surface area contributed by atoms with Gasteiger partial charge in [-0.3, -0.25) is 0 Å². The molecule has 0 bridgehead atoms. The predicted molar refractivity (Wildman–Crippen MR) is 141 cm³/mol. The summed E-state index contributed by atoms with van der Waals surface area (Å²) in [6, 6.07) is 15.5. The van der Waals surface area contributed by atoms with E-state index in [1.165, 1.54) is 0 Å². The molecule has 184 valence electrons. The van der Waals surface area contributed by atoms with Gasteiger partial charge in [-0.05, 0) is 60.6 Å². The van der Waals surface area contributed by atoms with Crippen LogP contribution in [0.3, 0.4) is 0 Å². The van der Waals surface area contributed by atoms with Crippen molar-refractivity contribution in [2.24, 2.45) is 17.8 Å². The minimum atomic E-state index is 0.0815. The van der Waals surface area contributed by atoms with Crippen LogP contribution in [0.1, 0.15) is 20.3 Å². The second kappa shape index (κ2) is 8.80. The minimum Gasteiger partial charge on any atom is -0.456 e. The van der Waals surface area contributed by atoms with Crippen molar-refractivity contribution in [3.63, 3.8) is 0 Å². The van der Waals surface area contributed by atoms with Gasteiger partial charge in [0.1, 0.15) is 27.8 Å². The number of halogens is 1. The summed E-state index contributed by atoms with van der Waals surface area (Å²) in [5, 5.41) is 14.4. The fourth-order valence-electron chi connectivity index (χ4n) is 5.23. The molecule has 9 heteroatoms. The zero-order valence-electron chi connectivity index (χ0n) is 19.9. The molecule has 2 aromatic carbocycles. The monoisotopic (exact) mass is 503 g/mol. The molecule has 4 N–H and O–H groups in total. The van der Waals surface area contributed by atoms with Gasteiger partial charge in [0.2, 0.25) is 11.8 Å². The average Bonchev–Trinajstić information content (AvgIpc) is 3.55. The number of benzene rings is 2. The molecule has 1 saturated carbocycles. The van der Waals surface area contributed by atoms with Crippen molar-refractivity contribution in [3.05, 3.63) is 53.7 Å². The van der Waals surface area contributed by atoms with Gasteiger partial charge in [0.05, 0.1) is 5.56 Å². The Morgan fingerprint density at radius 1 is 1.03 bits per heavy atom. The Labute approximate surface area is 212 Å². The van der Waals surface area contributed by atoms with Gasteiger partial charge in [-0.2, -0.15) is 4.98 Å². The number of nitrogens with one attached hydrogen (secondary N) is 1. The number of oxazole rings is 1. The largest absolute Gasteiger partial charge is 0.456 e. The standard InChI is InChI=1S/C27H26ClN5O3/c1-13-14(2)19(10-17(13)12-34)30-25-23(24(28)32-27(29)33-25)22-11-16-9-15(7-8-20(16)35-22)26-31-18-5-3-4-6-21(18)36-26/h3-9,11,13-14,17,19,34H,10,12H2,1-2H3,(H3,29,30,32,33)/t13-,14+,17+,19+/m0/s1. The molecule has 6 rings (SSSR count). The maximum Gasteiger partial charge on any atom is 0.227 e. The zero-order chi connectivity index (χ0) is 25.0. The summed E-state index contributed by atoms with van der Waals surface area (Å²) in [7, 11) is 0. The number of aromatic nitrogens is 3. The first-order valence-corrected chi connectivity index (χ1v) is 12.4. The van der Waals surface area contributed by atoms with Gasteiger partial charge in [-0.1, -0.05) is 37.6 Å². The summed E-state index contributed by atoms with van der Waals surface area (Å²) >= 11 is 6.58. The molecular weight excluding hydrogens is 478 g/mol. The van der Waals surface area contributed by atoms with Crippen LogP contribution in [0.5, 0.6) is 0 Å². The maximum atomic E-state index is 9.76. The highest BCUT2D eigenvalue weighted by molar-refractivity contribution is 6.32. The maximum absolute atomic E-state index is 9.76. The zero-order valence-corrected chi connectivity index (χ0v) is 20.7. The van der Waals surface area contributed by atoms with Gasteiger partial charge >= 0.3 is 0 Å². The smallest absolute Gasteiger partial charge is 0.227 e. The SMILES string of the molecule is C[C@@H]1[C@@H](CO)C[C@@H](Nc2nc(N)nc(Cl)c2-c2cc3cc(-c4nc5ccccc5o4)ccc3o2)[C@@H]1C. The van der Waals surface area contributed by atoms with E-state index in [2.05, 4.69) is 34.1 Å². The lowest BCUT2D eigenvalue weighted by Crippen LogP contribution is -2.25. The van der Waals surface area contributed by atoms with E-state index in [1.54, 1.807) is 0 Å². The van der Waals surface area contributed by atoms with Crippen LogP contribution in [0.25, 0.3) is 44.8 Å². The second-order valence-corrected chi connectivity index (χ2v) is 9.95.